The summed E-state index contributed by atoms with van der Waals surface area (Å²) in [6.45, 7) is 9.96. The molecule has 0 N–H and O–H groups in total. The second kappa shape index (κ2) is 12.7. The van der Waals surface area contributed by atoms with Crippen LogP contribution in [0.5, 0.6) is 5.75 Å². The predicted octanol–water partition coefficient (Wildman–Crippen LogP) is 7.38. The molecule has 0 bridgehead atoms. The van der Waals surface area contributed by atoms with Crippen LogP contribution >= 0.6 is 35.1 Å². The summed E-state index contributed by atoms with van der Waals surface area (Å²) >= 11 is 3.15. The van der Waals surface area contributed by atoms with E-state index in [1.165, 1.54) is 11.3 Å². The normalized spacial score (nSPS) is 11.2. The molecule has 0 saturated carbocycles. The third kappa shape index (κ3) is 5.68. The van der Waals surface area contributed by atoms with E-state index in [9.17, 15) is 4.79 Å². The molecule has 0 saturated heterocycles. The van der Waals surface area contributed by atoms with Crippen molar-refractivity contribution in [3.05, 3.63) is 71.6 Å². The van der Waals surface area contributed by atoms with E-state index in [1.807, 2.05) is 77.9 Å². The van der Waals surface area contributed by atoms with Crippen LogP contribution in [0.25, 0.3) is 31.7 Å². The molecule has 0 aliphatic rings. The highest BCUT2D eigenvalue weighted by atomic mass is 35.5. The minimum atomic E-state index is -0.0689. The predicted molar refractivity (Wildman–Crippen MR) is 163 cm³/mol. The Morgan fingerprint density at radius 3 is 2.50 bits per heavy atom. The number of thiazole rings is 1. The van der Waals surface area contributed by atoms with Gasteiger partial charge in [-0.1, -0.05) is 55.5 Å². The Kier molecular flexibility index (Phi) is 9.33. The summed E-state index contributed by atoms with van der Waals surface area (Å²) in [6, 6.07) is 19.8. The van der Waals surface area contributed by atoms with Gasteiger partial charge < -0.3 is 9.64 Å². The Morgan fingerprint density at radius 2 is 1.76 bits per heavy atom. The quantitative estimate of drug-likeness (QED) is 0.176. The fourth-order valence-electron chi connectivity index (χ4n) is 4.41. The number of nitrogens with zero attached hydrogens (tertiary/aromatic N) is 4. The molecule has 0 atom stereocenters. The number of benzene rings is 2. The minimum absolute atomic E-state index is 0. The fourth-order valence-corrected chi connectivity index (χ4v) is 6.11. The molecule has 0 aliphatic carbocycles. The first-order chi connectivity index (χ1) is 18.1. The lowest BCUT2D eigenvalue weighted by molar-refractivity contribution is 0.0985. The van der Waals surface area contributed by atoms with Crippen LogP contribution in [0.1, 0.15) is 31.1 Å². The van der Waals surface area contributed by atoms with E-state index in [4.69, 9.17) is 14.7 Å². The number of ether oxygens (including phenoxy) is 1. The van der Waals surface area contributed by atoms with Crippen molar-refractivity contribution in [2.24, 2.45) is 0 Å². The number of aromatic nitrogens is 2. The molecule has 38 heavy (non-hydrogen) atoms. The van der Waals surface area contributed by atoms with E-state index < -0.39 is 0 Å². The molecule has 6 nitrogen and oxygen atoms in total. The van der Waals surface area contributed by atoms with Crippen molar-refractivity contribution >= 4 is 67.2 Å². The van der Waals surface area contributed by atoms with E-state index in [-0.39, 0.29) is 18.3 Å². The second-order valence-corrected chi connectivity index (χ2v) is 10.5. The average Bonchev–Trinajstić information content (AvgIpc) is 3.62. The average molecular weight is 567 g/mol. The van der Waals surface area contributed by atoms with Gasteiger partial charge in [-0.25, -0.2) is 9.97 Å². The van der Waals surface area contributed by atoms with Crippen LogP contribution in [0.15, 0.2) is 66.0 Å². The molecule has 0 spiro atoms. The molecule has 2 aromatic carbocycles. The topological polar surface area (TPSA) is 58.6 Å². The number of thiophene rings is 1. The van der Waals surface area contributed by atoms with Crippen LogP contribution in [-0.4, -0.2) is 53.6 Å². The highest BCUT2D eigenvalue weighted by Crippen LogP contribution is 2.36. The maximum Gasteiger partial charge on any atom is 0.260 e. The molecular weight excluding hydrogens is 536 g/mol. The number of carbonyl (C=O) groups excluding carboxylic acids is 1. The van der Waals surface area contributed by atoms with E-state index in [0.29, 0.717) is 23.8 Å². The van der Waals surface area contributed by atoms with Gasteiger partial charge in [0, 0.05) is 18.5 Å². The van der Waals surface area contributed by atoms with Gasteiger partial charge in [-0.3, -0.25) is 9.69 Å². The van der Waals surface area contributed by atoms with Crippen molar-refractivity contribution in [1.82, 2.24) is 14.9 Å². The summed E-state index contributed by atoms with van der Waals surface area (Å²) < 4.78 is 6.83. The summed E-state index contributed by atoms with van der Waals surface area (Å²) in [5.41, 5.74) is 3.05. The van der Waals surface area contributed by atoms with Gasteiger partial charge in [-0.15, -0.1) is 23.7 Å². The number of amides is 1. The number of likely N-dealkylation sites (N-methyl/N-ethyl adjacent to an activating group) is 1. The zero-order chi connectivity index (χ0) is 25.8. The monoisotopic (exact) mass is 566 g/mol. The SMILES string of the molecule is CCOc1cccc2sc(N(CCN(CC)CC)C(=O)c3cc(-c4cccs4)nc4ccccc34)nc12.Cl. The number of pyridine rings is 1. The third-order valence-corrected chi connectivity index (χ3v) is 8.34. The van der Waals surface area contributed by atoms with Crippen LogP contribution in [-0.2, 0) is 0 Å². The Morgan fingerprint density at radius 1 is 0.947 bits per heavy atom. The highest BCUT2D eigenvalue weighted by molar-refractivity contribution is 7.22. The number of carbonyl (C=O) groups is 1. The first-order valence-corrected chi connectivity index (χ1v) is 14.3. The molecular formula is C29H31ClN4O2S2. The number of fused-ring (bicyclic) bond motifs is 2. The Labute approximate surface area is 237 Å². The molecule has 9 heteroatoms. The van der Waals surface area contributed by atoms with Crippen LogP contribution in [0, 0.1) is 0 Å². The van der Waals surface area contributed by atoms with Gasteiger partial charge in [-0.05, 0) is 55.7 Å². The van der Waals surface area contributed by atoms with Crippen molar-refractivity contribution in [2.45, 2.75) is 20.8 Å². The van der Waals surface area contributed by atoms with Crippen molar-refractivity contribution in [3.8, 4) is 16.3 Å². The van der Waals surface area contributed by atoms with Crippen molar-refractivity contribution in [2.75, 3.05) is 37.7 Å². The third-order valence-electron chi connectivity index (χ3n) is 6.40. The minimum Gasteiger partial charge on any atom is -0.492 e. The summed E-state index contributed by atoms with van der Waals surface area (Å²) in [7, 11) is 0. The number of hydrogen-bond donors (Lipinski definition) is 0. The van der Waals surface area contributed by atoms with E-state index in [1.54, 1.807) is 11.3 Å². The zero-order valence-electron chi connectivity index (χ0n) is 21.7. The van der Waals surface area contributed by atoms with Gasteiger partial charge in [0.25, 0.3) is 5.91 Å². The summed E-state index contributed by atoms with van der Waals surface area (Å²) in [6.07, 6.45) is 0. The molecule has 5 rings (SSSR count). The zero-order valence-corrected chi connectivity index (χ0v) is 24.2. The number of para-hydroxylation sites is 2. The number of halogens is 1. The van der Waals surface area contributed by atoms with Crippen LogP contribution < -0.4 is 9.64 Å². The molecule has 0 unspecified atom stereocenters. The first-order valence-electron chi connectivity index (χ1n) is 12.6. The maximum absolute atomic E-state index is 14.4. The fraction of sp³-hybridized carbons (Fsp3) is 0.276. The van der Waals surface area contributed by atoms with Crippen molar-refractivity contribution < 1.29 is 9.53 Å². The Bertz CT molecular complexity index is 1520. The summed E-state index contributed by atoms with van der Waals surface area (Å²) in [4.78, 5) is 29.4. The van der Waals surface area contributed by atoms with Crippen LogP contribution in [0.3, 0.4) is 0 Å². The van der Waals surface area contributed by atoms with E-state index in [0.717, 1.165) is 57.1 Å². The molecule has 1 amide bonds. The van der Waals surface area contributed by atoms with Crippen molar-refractivity contribution in [1.29, 1.82) is 0 Å². The van der Waals surface area contributed by atoms with Gasteiger partial charge in [0.15, 0.2) is 5.13 Å². The molecule has 3 aromatic heterocycles. The van der Waals surface area contributed by atoms with E-state index >= 15 is 0 Å². The first kappa shape index (κ1) is 28.0. The smallest absolute Gasteiger partial charge is 0.260 e. The van der Waals surface area contributed by atoms with E-state index in [2.05, 4.69) is 18.7 Å². The number of hydrogen-bond acceptors (Lipinski definition) is 7. The number of rotatable bonds is 10. The molecule has 3 heterocycles. The van der Waals surface area contributed by atoms with Crippen molar-refractivity contribution in [3.63, 3.8) is 0 Å². The lowest BCUT2D eigenvalue weighted by atomic mass is 10.1. The second-order valence-electron chi connectivity index (χ2n) is 8.57. The van der Waals surface area contributed by atoms with Gasteiger partial charge in [0.05, 0.1) is 33.0 Å². The Hall–Kier alpha value is -3.04. The van der Waals surface area contributed by atoms with Crippen LogP contribution in [0.2, 0.25) is 0 Å². The maximum atomic E-state index is 14.4. The standard InChI is InChI=1S/C29H30N4O2S2.ClH/c1-4-32(5-2)16-17-33(29-31-27-24(35-6-3)13-9-14-26(27)37-29)28(34)21-19-23(25-15-10-18-36-25)30-22-12-8-7-11-20(21)22;/h7-15,18-19H,4-6,16-17H2,1-3H3;1H. The Balaban J connectivity index is 0.00000336. The molecule has 0 aliphatic heterocycles. The van der Waals surface area contributed by atoms with Crippen LogP contribution in [0.4, 0.5) is 5.13 Å². The summed E-state index contributed by atoms with van der Waals surface area (Å²) in [5, 5.41) is 3.55. The van der Waals surface area contributed by atoms with Gasteiger partial charge in [0.1, 0.15) is 11.3 Å². The highest BCUT2D eigenvalue weighted by Gasteiger charge is 2.25. The van der Waals surface area contributed by atoms with Gasteiger partial charge in [-0.2, -0.15) is 0 Å². The molecule has 0 fully saturated rings. The largest absolute Gasteiger partial charge is 0.492 e. The lowest BCUT2D eigenvalue weighted by Crippen LogP contribution is -2.39. The molecule has 0 radical (unpaired) electrons. The van der Waals surface area contributed by atoms with Gasteiger partial charge >= 0.3 is 0 Å². The molecule has 198 valence electrons. The lowest BCUT2D eigenvalue weighted by Gasteiger charge is -2.25. The van der Waals surface area contributed by atoms with Gasteiger partial charge in [0.2, 0.25) is 0 Å². The summed E-state index contributed by atoms with van der Waals surface area (Å²) in [5.74, 6) is 0.675. The molecule has 5 aromatic rings. The number of anilines is 1.